The number of carbonyl (C=O) groups is 6. The number of nitrogens with one attached hydrogen (secondary N) is 4. The number of aliphatic hydroxyl groups is 1. The molecule has 11 rings (SSSR count). The van der Waals surface area contributed by atoms with Gasteiger partial charge in [-0.05, 0) is 42.3 Å². The molecule has 9 aromatic rings. The number of amides is 6. The minimum atomic E-state index is -1.39. The number of aryl methyl sites for hydroxylation is 1. The Labute approximate surface area is 483 Å². The van der Waals surface area contributed by atoms with Gasteiger partial charge in [-0.15, -0.1) is 68.0 Å². The number of nitrogens with two attached hydrogens (primary N) is 2. The molecule has 0 saturated carbocycles. The highest BCUT2D eigenvalue weighted by Crippen LogP contribution is 2.40. The van der Waals surface area contributed by atoms with Gasteiger partial charge in [0.2, 0.25) is 11.8 Å². The third-order valence-corrected chi connectivity index (χ3v) is 18.7. The predicted molar refractivity (Wildman–Crippen MR) is 305 cm³/mol. The van der Waals surface area contributed by atoms with E-state index in [0.717, 1.165) is 34.0 Å². The highest BCUT2D eigenvalue weighted by molar-refractivity contribution is 7.15. The van der Waals surface area contributed by atoms with Gasteiger partial charge in [-0.2, -0.15) is 0 Å². The predicted octanol–water partition coefficient (Wildman–Crippen LogP) is 6.70. The number of phenols is 1. The molecular formula is C53H45N13O9S6. The molecule has 1 saturated heterocycles. The second-order valence-electron chi connectivity index (χ2n) is 18.8. The smallest absolute Gasteiger partial charge is 0.271 e. The van der Waals surface area contributed by atoms with Gasteiger partial charge in [-0.1, -0.05) is 49.4 Å². The number of pyridine rings is 1. The third-order valence-electron chi connectivity index (χ3n) is 13.2. The Kier molecular flexibility index (Phi) is 15.7. The Morgan fingerprint density at radius 2 is 1.27 bits per heavy atom. The van der Waals surface area contributed by atoms with Crippen LogP contribution >= 0.6 is 68.0 Å². The number of hydrogen-bond acceptors (Lipinski definition) is 22. The Morgan fingerprint density at radius 3 is 1.99 bits per heavy atom. The molecule has 81 heavy (non-hydrogen) atoms. The summed E-state index contributed by atoms with van der Waals surface area (Å²) in [6.07, 6.45) is -1.98. The van der Waals surface area contributed by atoms with Crippen molar-refractivity contribution in [3.05, 3.63) is 147 Å². The minimum absolute atomic E-state index is 0.000365. The maximum absolute atomic E-state index is 14.8. The Hall–Kier alpha value is -8.09. The number of aliphatic hydroxyl groups excluding tert-OH is 1. The summed E-state index contributed by atoms with van der Waals surface area (Å²) in [4.78, 5) is 116. The number of primary amides is 2. The molecule has 22 nitrogen and oxygen atoms in total. The lowest BCUT2D eigenvalue weighted by molar-refractivity contribution is -0.124. The van der Waals surface area contributed by atoms with Gasteiger partial charge in [0.25, 0.3) is 23.6 Å². The number of nitrogens with zero attached hydrogens (tertiary/aromatic N) is 7. The lowest BCUT2D eigenvalue weighted by Crippen LogP contribution is -2.50. The quantitative estimate of drug-likeness (QED) is 0.0660. The summed E-state index contributed by atoms with van der Waals surface area (Å²) in [5.74, 6) is -4.43. The van der Waals surface area contributed by atoms with Crippen molar-refractivity contribution in [1.82, 2.24) is 56.2 Å². The van der Waals surface area contributed by atoms with Crippen LogP contribution in [-0.4, -0.2) is 99.3 Å². The van der Waals surface area contributed by atoms with E-state index in [1.165, 1.54) is 56.9 Å². The molecule has 6 amide bonds. The van der Waals surface area contributed by atoms with E-state index in [4.69, 9.17) is 36.1 Å². The van der Waals surface area contributed by atoms with E-state index in [1.807, 2.05) is 12.3 Å². The molecule has 10 bridgehead atoms. The molecule has 1 fully saturated rings. The van der Waals surface area contributed by atoms with Gasteiger partial charge in [0, 0.05) is 49.7 Å². The number of phenolic OH excluding ortho intramolecular Hbond substituents is 1. The normalized spacial score (nSPS) is 19.3. The van der Waals surface area contributed by atoms with E-state index >= 15 is 0 Å². The number of carbonyl (C=O) groups excluding carboxylic acids is 6. The first kappa shape index (κ1) is 54.8. The second-order valence-corrected chi connectivity index (χ2v) is 24.4. The van der Waals surface area contributed by atoms with Gasteiger partial charge in [0.15, 0.2) is 0 Å². The molecule has 7 atom stereocenters. The van der Waals surface area contributed by atoms with Crippen molar-refractivity contribution in [2.75, 3.05) is 6.61 Å². The fraction of sp³-hybridized carbons (Fsp3) is 0.226. The highest BCUT2D eigenvalue weighted by atomic mass is 32.1. The van der Waals surface area contributed by atoms with Gasteiger partial charge >= 0.3 is 0 Å². The minimum Gasteiger partial charge on any atom is -0.508 e. The van der Waals surface area contributed by atoms with Crippen LogP contribution in [0.2, 0.25) is 0 Å². The molecule has 0 aliphatic carbocycles. The Bertz CT molecular complexity index is 3870. The molecule has 0 spiro atoms. The van der Waals surface area contributed by atoms with Crippen molar-refractivity contribution in [1.29, 1.82) is 0 Å². The van der Waals surface area contributed by atoms with Crippen molar-refractivity contribution in [2.45, 2.75) is 63.1 Å². The van der Waals surface area contributed by atoms with E-state index in [2.05, 4.69) is 36.2 Å². The summed E-state index contributed by atoms with van der Waals surface area (Å²) < 4.78 is 5.74. The van der Waals surface area contributed by atoms with Crippen LogP contribution in [0.5, 0.6) is 5.75 Å². The third kappa shape index (κ3) is 12.0. The SMILES string of the molecule is Cc1sc2nc1C(=O)N[C@@H]([C@H](O)c1ccccc1)c1nc(cs1)C(=O)N[C@@H](Cc1ccc(O)cc1)C(=O)N[C@@H]([C@@H](C)[C@H]1CO1)c1nc(cs1)-c1nc(cs1)-c1nc(-c3nc(C(N)=O)cs3)ccc1-c1nc(cs1)C(=O)N[C@H]2CC(N)=O. The van der Waals surface area contributed by atoms with Crippen LogP contribution in [0.3, 0.4) is 0 Å². The van der Waals surface area contributed by atoms with E-state index in [0.29, 0.717) is 71.0 Å². The second kappa shape index (κ2) is 23.2. The Balaban J connectivity index is 1.01. The number of hydrogen-bond donors (Lipinski definition) is 8. The standard InChI is InChI=1S/C53H45N13O9S6/c1-22(36-16-75-36)38-52-63-35(21-80-52)50-59-31(17-77-50)40-27(12-13-28(56-40)49-60-32(18-78-49)43(55)70)48-61-33(19-76-48)46(73)58-30(15-37(54)68)51-66-39(23(2)81-51)47(74)65-41(42(69)25-6-4-3-5-7-25)53-62-34(20-79-53)45(72)57-29(44(71)64-38)14-24-8-10-26(67)11-9-24/h3-13,17-22,29-30,36,38,41-42,67,69H,14-16H2,1-2H3,(H2,54,68)(H2,55,70)(H,57,72)(H,58,73)(H,64,71)(H,65,74)/t22-,29-,30-,36+,38-,41-,42+/m0/s1. The molecule has 10 N–H and O–H groups in total. The maximum Gasteiger partial charge on any atom is 0.271 e. The van der Waals surface area contributed by atoms with Crippen molar-refractivity contribution in [2.24, 2.45) is 17.4 Å². The first-order valence-corrected chi connectivity index (χ1v) is 30.0. The number of aromatic nitrogens is 7. The van der Waals surface area contributed by atoms with Crippen molar-refractivity contribution < 1.29 is 43.7 Å². The number of ether oxygens (including phenoxy) is 1. The largest absolute Gasteiger partial charge is 0.508 e. The molecule has 2 aliphatic heterocycles. The van der Waals surface area contributed by atoms with Gasteiger partial charge in [-0.3, -0.25) is 28.8 Å². The van der Waals surface area contributed by atoms with Gasteiger partial charge in [-0.25, -0.2) is 34.9 Å². The van der Waals surface area contributed by atoms with Crippen molar-refractivity contribution in [3.8, 4) is 49.1 Å². The Morgan fingerprint density at radius 1 is 0.642 bits per heavy atom. The molecule has 0 radical (unpaired) electrons. The molecule has 0 unspecified atom stereocenters. The number of thiazole rings is 6. The highest BCUT2D eigenvalue weighted by Gasteiger charge is 2.40. The zero-order chi connectivity index (χ0) is 56.6. The summed E-state index contributed by atoms with van der Waals surface area (Å²) in [5.41, 5.74) is 14.4. The average molecular weight is 1200 g/mol. The van der Waals surface area contributed by atoms with Gasteiger partial charge in [0.1, 0.15) is 93.8 Å². The number of rotatable bonds is 10. The topological polar surface area (TPSA) is 346 Å². The molecule has 7 aromatic heterocycles. The van der Waals surface area contributed by atoms with E-state index in [9.17, 15) is 39.0 Å². The van der Waals surface area contributed by atoms with E-state index in [1.54, 1.807) is 72.3 Å². The zero-order valence-electron chi connectivity index (χ0n) is 42.4. The number of fused-ring (bicyclic) bond motifs is 14. The van der Waals surface area contributed by atoms with E-state index < -0.39 is 72.1 Å². The van der Waals surface area contributed by atoms with Crippen LogP contribution in [0.25, 0.3) is 43.4 Å². The number of aromatic hydroxyl groups is 1. The number of benzene rings is 2. The van der Waals surface area contributed by atoms with Crippen molar-refractivity contribution in [3.63, 3.8) is 0 Å². The van der Waals surface area contributed by atoms with Crippen LogP contribution < -0.4 is 32.7 Å². The van der Waals surface area contributed by atoms with Crippen LogP contribution in [-0.2, 0) is 20.7 Å². The fourth-order valence-corrected chi connectivity index (χ4v) is 14.1. The average Bonchev–Trinajstić information content (AvgIpc) is 4.44. The fourth-order valence-electron chi connectivity index (χ4n) is 8.81. The summed E-state index contributed by atoms with van der Waals surface area (Å²) >= 11 is 6.98. The zero-order valence-corrected chi connectivity index (χ0v) is 47.3. The van der Waals surface area contributed by atoms with Gasteiger partial charge in [0.05, 0.1) is 36.9 Å². The lowest BCUT2D eigenvalue weighted by atomic mass is 9.97. The maximum atomic E-state index is 14.8. The molecule has 2 aromatic carbocycles. The van der Waals surface area contributed by atoms with Crippen LogP contribution in [0.15, 0.2) is 93.6 Å². The first-order chi connectivity index (χ1) is 39.0. The molecule has 28 heteroatoms. The molecular weight excluding hydrogens is 1160 g/mol. The molecule has 2 aliphatic rings. The van der Waals surface area contributed by atoms with Crippen LogP contribution in [0, 0.1) is 12.8 Å². The molecule has 9 heterocycles. The first-order valence-electron chi connectivity index (χ1n) is 24.7. The van der Waals surface area contributed by atoms with Crippen LogP contribution in [0.1, 0.15) is 111 Å². The molecule has 412 valence electrons. The van der Waals surface area contributed by atoms with Gasteiger partial charge < -0.3 is 47.7 Å². The van der Waals surface area contributed by atoms with E-state index in [-0.39, 0.29) is 57.0 Å². The summed E-state index contributed by atoms with van der Waals surface area (Å²) in [7, 11) is 0. The lowest BCUT2D eigenvalue weighted by Gasteiger charge is -2.26. The number of epoxide rings is 1. The monoisotopic (exact) mass is 1200 g/mol. The van der Waals surface area contributed by atoms with Crippen molar-refractivity contribution >= 4 is 103 Å². The summed E-state index contributed by atoms with van der Waals surface area (Å²) in [6, 6.07) is 14.0. The van der Waals surface area contributed by atoms with Crippen LogP contribution in [0.4, 0.5) is 0 Å². The summed E-state index contributed by atoms with van der Waals surface area (Å²) in [6.45, 7) is 4.04. The summed E-state index contributed by atoms with van der Waals surface area (Å²) in [5, 5.41) is 44.1.